The van der Waals surface area contributed by atoms with E-state index in [4.69, 9.17) is 18.9 Å². The molecule has 0 saturated carbocycles. The van der Waals surface area contributed by atoms with Gasteiger partial charge in [-0.05, 0) is 73.2 Å². The quantitative estimate of drug-likeness (QED) is 0.128. The van der Waals surface area contributed by atoms with E-state index in [1.807, 2.05) is 0 Å². The number of benzene rings is 8. The van der Waals surface area contributed by atoms with E-state index in [1.165, 1.54) is 47.1 Å². The molecule has 0 bridgehead atoms. The summed E-state index contributed by atoms with van der Waals surface area (Å²) in [7, 11) is 0. The maximum Gasteiger partial charge on any atom is 0.195 e. The Morgan fingerprint density at radius 3 is 1.06 bits per heavy atom. The van der Waals surface area contributed by atoms with Gasteiger partial charge in [0, 0.05) is 47.8 Å². The lowest BCUT2D eigenvalue weighted by atomic mass is 10.1. The van der Waals surface area contributed by atoms with E-state index in [0.717, 1.165) is 59.5 Å². The topological polar surface area (TPSA) is 49.9 Å². The van der Waals surface area contributed by atoms with Crippen molar-refractivity contribution in [2.45, 2.75) is 33.1 Å². The zero-order chi connectivity index (χ0) is 60.6. The molecule has 0 atom stereocenters. The minimum absolute atomic E-state index is 0.0141. The molecule has 440 valence electrons. The summed E-state index contributed by atoms with van der Waals surface area (Å²) < 4.78 is 274. The molecule has 0 aromatic heterocycles. The summed E-state index contributed by atoms with van der Waals surface area (Å²) in [5, 5.41) is 0. The molecule has 4 aliphatic heterocycles. The SMILES string of the molecule is Cc1cc(F)c(N2COc3cc(F)c(F)c(F)c3C2)c(F)c1.Fc1ccc(N2COc3cc(F)c(F)c(F)c3C2)c(F)c1.Fc1ccc(N2COc3cc(F)c(F)c(F)c3C2)cc1.Fc1ccc(N2COc3cc(F)c(F)c(F)c3C2)cc1F. The smallest absolute Gasteiger partial charge is 0.195 e. The lowest BCUT2D eigenvalue weighted by molar-refractivity contribution is 0.275. The van der Waals surface area contributed by atoms with Crippen molar-refractivity contribution in [1.29, 1.82) is 0 Å². The van der Waals surface area contributed by atoms with Crippen molar-refractivity contribution in [2.75, 3.05) is 46.5 Å². The molecule has 0 radical (unpaired) electrons. The van der Waals surface area contributed by atoms with Gasteiger partial charge in [0.15, 0.2) is 108 Å². The first-order valence-electron chi connectivity index (χ1n) is 24.2. The number of aryl methyl sites for hydroxylation is 1. The average molecular weight is 1200 g/mol. The van der Waals surface area contributed by atoms with E-state index in [2.05, 4.69) is 0 Å². The van der Waals surface area contributed by atoms with Crippen molar-refractivity contribution in [3.63, 3.8) is 0 Å². The van der Waals surface area contributed by atoms with Gasteiger partial charge in [-0.1, -0.05) is 0 Å². The number of fused-ring (bicyclic) bond motifs is 4. The monoisotopic (exact) mass is 1200 g/mol. The van der Waals surface area contributed by atoms with Crippen molar-refractivity contribution in [2.24, 2.45) is 0 Å². The normalized spacial score (nSPS) is 13.9. The standard InChI is InChI=1S/C15H10F5NO.2C14H8F5NO.C14H9F4NO/c1-7-2-10(17)15(11(18)3-7)21-5-8-12(22-6-21)4-9(16)14(20)13(8)19;15-7-1-2-11(9(16)3-7)20-5-8-12(21-6-20)4-10(17)14(19)13(8)18;15-9-2-1-7(3-10(9)16)20-5-8-12(21-6-20)4-11(17)14(19)13(8)18;15-8-1-3-9(4-2-8)19-6-10-12(20-7-19)5-11(16)14(18)13(10)17/h2-4H,5-6H2,1H3;2*1-4H,5-6H2;1-5H,6-7H2. The Bertz CT molecular complexity index is 3820. The molecule has 8 aromatic rings. The lowest BCUT2D eigenvalue weighted by Gasteiger charge is -2.31. The number of hydrogen-bond acceptors (Lipinski definition) is 8. The molecule has 8 aromatic carbocycles. The lowest BCUT2D eigenvalue weighted by Crippen LogP contribution is -2.34. The molecule has 0 fully saturated rings. The Kier molecular flexibility index (Phi) is 17.2. The largest absolute Gasteiger partial charge is 0.473 e. The van der Waals surface area contributed by atoms with E-state index >= 15 is 0 Å². The van der Waals surface area contributed by atoms with Crippen molar-refractivity contribution >= 4 is 22.7 Å². The van der Waals surface area contributed by atoms with Crippen LogP contribution in [0.1, 0.15) is 27.8 Å². The third kappa shape index (κ3) is 12.3. The van der Waals surface area contributed by atoms with Crippen LogP contribution in [-0.4, -0.2) is 26.9 Å². The summed E-state index contributed by atoms with van der Waals surface area (Å²) in [6.45, 7) is 0.250. The molecule has 4 heterocycles. The molecule has 0 unspecified atom stereocenters. The van der Waals surface area contributed by atoms with E-state index in [-0.39, 0.29) is 110 Å². The molecule has 8 nitrogen and oxygen atoms in total. The van der Waals surface area contributed by atoms with Crippen LogP contribution in [0.15, 0.2) is 97.1 Å². The van der Waals surface area contributed by atoms with Crippen LogP contribution in [0, 0.1) is 117 Å². The fourth-order valence-electron chi connectivity index (χ4n) is 8.78. The maximum atomic E-state index is 14.0. The van der Waals surface area contributed by atoms with E-state index in [1.54, 1.807) is 4.90 Å². The zero-order valence-corrected chi connectivity index (χ0v) is 42.5. The molecular weight excluding hydrogens is 1170 g/mol. The zero-order valence-electron chi connectivity index (χ0n) is 42.5. The second-order valence-electron chi connectivity index (χ2n) is 18.5. The highest BCUT2D eigenvalue weighted by molar-refractivity contribution is 5.56. The van der Waals surface area contributed by atoms with Gasteiger partial charge in [-0.15, -0.1) is 0 Å². The van der Waals surface area contributed by atoms with Crippen LogP contribution >= 0.6 is 0 Å². The van der Waals surface area contributed by atoms with Crippen LogP contribution in [0.5, 0.6) is 23.0 Å². The number of nitrogens with zero attached hydrogens (tertiary/aromatic N) is 4. The predicted octanol–water partition coefficient (Wildman–Crippen LogP) is 15.1. The summed E-state index contributed by atoms with van der Waals surface area (Å²) in [5.74, 6) is -23.3. The minimum Gasteiger partial charge on any atom is -0.473 e. The van der Waals surface area contributed by atoms with Gasteiger partial charge in [0.25, 0.3) is 0 Å². The second-order valence-corrected chi connectivity index (χ2v) is 18.5. The molecule has 12 rings (SSSR count). The number of anilines is 4. The first kappa shape index (κ1) is 59.5. The fraction of sp³-hybridized carbons (Fsp3) is 0.158. The Balaban J connectivity index is 0.000000134. The third-order valence-electron chi connectivity index (χ3n) is 13.0. The highest BCUT2D eigenvalue weighted by atomic mass is 19.2. The molecule has 0 spiro atoms. The number of ether oxygens (including phenoxy) is 4. The Labute approximate surface area is 462 Å². The summed E-state index contributed by atoms with van der Waals surface area (Å²) in [6, 6.07) is 16.8. The third-order valence-corrected chi connectivity index (χ3v) is 13.0. The van der Waals surface area contributed by atoms with Gasteiger partial charge in [0.2, 0.25) is 0 Å². The molecule has 84 heavy (non-hydrogen) atoms. The van der Waals surface area contributed by atoms with Crippen LogP contribution in [0.2, 0.25) is 0 Å². The van der Waals surface area contributed by atoms with Crippen molar-refractivity contribution in [3.8, 4) is 23.0 Å². The van der Waals surface area contributed by atoms with Crippen LogP contribution < -0.4 is 38.5 Å². The van der Waals surface area contributed by atoms with Gasteiger partial charge in [0.1, 0.15) is 57.8 Å². The van der Waals surface area contributed by atoms with Crippen molar-refractivity contribution in [1.82, 2.24) is 0 Å². The number of halogens is 19. The molecule has 4 aliphatic rings. The molecule has 0 amide bonds. The van der Waals surface area contributed by atoms with Crippen molar-refractivity contribution < 1.29 is 102 Å². The number of hydrogen-bond donors (Lipinski definition) is 0. The fourth-order valence-corrected chi connectivity index (χ4v) is 8.78. The summed E-state index contributed by atoms with van der Waals surface area (Å²) >= 11 is 0. The maximum absolute atomic E-state index is 14.0. The van der Waals surface area contributed by atoms with Crippen LogP contribution in [0.3, 0.4) is 0 Å². The first-order valence-corrected chi connectivity index (χ1v) is 24.2. The number of rotatable bonds is 4. The predicted molar refractivity (Wildman–Crippen MR) is 262 cm³/mol. The van der Waals surface area contributed by atoms with Crippen LogP contribution in [0.25, 0.3) is 0 Å². The molecule has 0 N–H and O–H groups in total. The summed E-state index contributed by atoms with van der Waals surface area (Å²) in [6.07, 6.45) is 0. The minimum atomic E-state index is -1.64. The molecule has 0 aliphatic carbocycles. The van der Waals surface area contributed by atoms with E-state index in [9.17, 15) is 83.4 Å². The average Bonchev–Trinajstić information content (AvgIpc) is 1.56. The molecule has 0 saturated heterocycles. The summed E-state index contributed by atoms with van der Waals surface area (Å²) in [4.78, 5) is 5.28. The first-order chi connectivity index (χ1) is 39.9. The summed E-state index contributed by atoms with van der Waals surface area (Å²) in [5.41, 5.74) is 0.0607. The van der Waals surface area contributed by atoms with Gasteiger partial charge in [0.05, 0.1) is 54.1 Å². The van der Waals surface area contributed by atoms with Gasteiger partial charge in [-0.3, -0.25) is 0 Å². The molecular formula is C57H35F19N4O4. The Morgan fingerprint density at radius 2 is 0.643 bits per heavy atom. The van der Waals surface area contributed by atoms with Crippen LogP contribution in [0.4, 0.5) is 106 Å². The van der Waals surface area contributed by atoms with Gasteiger partial charge >= 0.3 is 0 Å². The van der Waals surface area contributed by atoms with Gasteiger partial charge in [-0.2, -0.15) is 0 Å². The Hall–Kier alpha value is -9.17. The highest BCUT2D eigenvalue weighted by Crippen LogP contribution is 2.38. The van der Waals surface area contributed by atoms with Gasteiger partial charge in [-0.25, -0.2) is 83.4 Å². The highest BCUT2D eigenvalue weighted by Gasteiger charge is 2.32. The second kappa shape index (κ2) is 24.3. The van der Waals surface area contributed by atoms with Gasteiger partial charge < -0.3 is 38.5 Å². The van der Waals surface area contributed by atoms with E-state index in [0.29, 0.717) is 23.4 Å². The van der Waals surface area contributed by atoms with E-state index < -0.39 is 116 Å². The molecule has 27 heteroatoms. The van der Waals surface area contributed by atoms with Crippen molar-refractivity contribution in [3.05, 3.63) is 235 Å². The Morgan fingerprint density at radius 1 is 0.286 bits per heavy atom. The van der Waals surface area contributed by atoms with Crippen LogP contribution in [-0.2, 0) is 26.2 Å².